The molecule has 0 aromatic carbocycles. The van der Waals surface area contributed by atoms with Crippen LogP contribution < -0.4 is 5.32 Å². The first-order valence-corrected chi connectivity index (χ1v) is 6.10. The largest absolute Gasteiger partial charge is 0.385 e. The number of likely N-dealkylation sites (N-methyl/N-ethyl adjacent to an activating group) is 1. The van der Waals surface area contributed by atoms with Crippen LogP contribution in [0.5, 0.6) is 0 Å². The van der Waals surface area contributed by atoms with Crippen molar-refractivity contribution in [3.8, 4) is 0 Å². The van der Waals surface area contributed by atoms with Gasteiger partial charge in [-0.2, -0.15) is 0 Å². The number of nitrogens with zero attached hydrogens (tertiary/aromatic N) is 2. The van der Waals surface area contributed by atoms with E-state index in [1.54, 1.807) is 13.3 Å². The molecule has 0 saturated heterocycles. The molecule has 96 valence electrons. The second-order valence-corrected chi connectivity index (χ2v) is 4.20. The van der Waals surface area contributed by atoms with Crippen LogP contribution in [0.15, 0.2) is 24.5 Å². The van der Waals surface area contributed by atoms with Crippen LogP contribution in [0, 0.1) is 0 Å². The molecule has 0 aliphatic heterocycles. The van der Waals surface area contributed by atoms with Crippen LogP contribution in [0.4, 0.5) is 0 Å². The van der Waals surface area contributed by atoms with E-state index < -0.39 is 0 Å². The molecule has 0 atom stereocenters. The summed E-state index contributed by atoms with van der Waals surface area (Å²) in [6.07, 6.45) is 4.80. The molecule has 1 rings (SSSR count). The minimum absolute atomic E-state index is 0.832. The van der Waals surface area contributed by atoms with Gasteiger partial charge in [-0.1, -0.05) is 6.07 Å². The minimum Gasteiger partial charge on any atom is -0.385 e. The van der Waals surface area contributed by atoms with Crippen molar-refractivity contribution in [3.63, 3.8) is 0 Å². The van der Waals surface area contributed by atoms with Crippen LogP contribution in [-0.4, -0.2) is 50.3 Å². The summed E-state index contributed by atoms with van der Waals surface area (Å²) in [6.45, 7) is 4.86. The molecule has 0 fully saturated rings. The maximum Gasteiger partial charge on any atom is 0.0474 e. The molecule has 1 aromatic heterocycles. The number of aromatic nitrogens is 1. The molecule has 1 N–H and O–H groups in total. The van der Waals surface area contributed by atoms with Crippen molar-refractivity contribution < 1.29 is 4.74 Å². The molecule has 17 heavy (non-hydrogen) atoms. The molecule has 0 radical (unpaired) electrons. The first-order valence-electron chi connectivity index (χ1n) is 6.10. The van der Waals surface area contributed by atoms with Crippen LogP contribution >= 0.6 is 0 Å². The predicted octanol–water partition coefficient (Wildman–Crippen LogP) is 1.14. The number of hydrogen-bond donors (Lipinski definition) is 1. The molecule has 1 aromatic rings. The first-order chi connectivity index (χ1) is 8.33. The number of rotatable bonds is 9. The Balaban J connectivity index is 2.03. The Labute approximate surface area is 104 Å². The Morgan fingerprint density at radius 1 is 1.41 bits per heavy atom. The topological polar surface area (TPSA) is 37.4 Å². The summed E-state index contributed by atoms with van der Waals surface area (Å²) in [6, 6.07) is 4.09. The molecule has 1 heterocycles. The van der Waals surface area contributed by atoms with Crippen molar-refractivity contribution in [2.45, 2.75) is 13.0 Å². The second kappa shape index (κ2) is 9.10. The van der Waals surface area contributed by atoms with E-state index in [-0.39, 0.29) is 0 Å². The van der Waals surface area contributed by atoms with Crippen molar-refractivity contribution in [1.82, 2.24) is 15.2 Å². The number of pyridine rings is 1. The Bertz CT molecular complexity index is 279. The van der Waals surface area contributed by atoms with E-state index in [1.165, 1.54) is 5.56 Å². The molecule has 0 saturated carbocycles. The van der Waals surface area contributed by atoms with E-state index in [0.717, 1.165) is 39.2 Å². The molecule has 4 heteroatoms. The van der Waals surface area contributed by atoms with Gasteiger partial charge in [0.1, 0.15) is 0 Å². The molecule has 0 unspecified atom stereocenters. The van der Waals surface area contributed by atoms with Crippen molar-refractivity contribution in [3.05, 3.63) is 30.1 Å². The van der Waals surface area contributed by atoms with E-state index in [2.05, 4.69) is 28.3 Å². The predicted molar refractivity (Wildman–Crippen MR) is 69.9 cm³/mol. The average Bonchev–Trinajstić information content (AvgIpc) is 2.35. The molecule has 0 aliphatic carbocycles. The van der Waals surface area contributed by atoms with Gasteiger partial charge in [-0.05, 0) is 31.6 Å². The standard InChI is InChI=1S/C13H23N3O/c1-16(9-8-14-7-4-10-17-2)12-13-5-3-6-15-11-13/h3,5-6,11,14H,4,7-10,12H2,1-2H3. The smallest absolute Gasteiger partial charge is 0.0474 e. The average molecular weight is 237 g/mol. The van der Waals surface area contributed by atoms with Gasteiger partial charge in [0.15, 0.2) is 0 Å². The fourth-order valence-electron chi connectivity index (χ4n) is 1.62. The number of hydrogen-bond acceptors (Lipinski definition) is 4. The zero-order chi connectivity index (χ0) is 12.3. The summed E-state index contributed by atoms with van der Waals surface area (Å²) >= 11 is 0. The highest BCUT2D eigenvalue weighted by molar-refractivity contribution is 5.07. The quantitative estimate of drug-likeness (QED) is 0.654. The van der Waals surface area contributed by atoms with Crippen LogP contribution in [0.25, 0.3) is 0 Å². The Morgan fingerprint density at radius 2 is 2.29 bits per heavy atom. The van der Waals surface area contributed by atoms with Crippen LogP contribution in [0.2, 0.25) is 0 Å². The van der Waals surface area contributed by atoms with E-state index in [1.807, 2.05) is 12.3 Å². The van der Waals surface area contributed by atoms with E-state index in [4.69, 9.17) is 4.74 Å². The number of ether oxygens (including phenoxy) is 1. The summed E-state index contributed by atoms with van der Waals surface area (Å²) in [5.74, 6) is 0. The van der Waals surface area contributed by atoms with Crippen LogP contribution in [0.3, 0.4) is 0 Å². The highest BCUT2D eigenvalue weighted by Gasteiger charge is 1.99. The third-order valence-corrected chi connectivity index (χ3v) is 2.55. The Morgan fingerprint density at radius 3 is 3.00 bits per heavy atom. The van der Waals surface area contributed by atoms with E-state index in [9.17, 15) is 0 Å². The lowest BCUT2D eigenvalue weighted by Crippen LogP contribution is -2.29. The lowest BCUT2D eigenvalue weighted by atomic mass is 10.3. The summed E-state index contributed by atoms with van der Waals surface area (Å²) < 4.78 is 4.99. The Hall–Kier alpha value is -0.970. The third kappa shape index (κ3) is 7.05. The van der Waals surface area contributed by atoms with Gasteiger partial charge in [-0.15, -0.1) is 0 Å². The summed E-state index contributed by atoms with van der Waals surface area (Å²) in [4.78, 5) is 6.40. The van der Waals surface area contributed by atoms with Crippen molar-refractivity contribution in [2.24, 2.45) is 0 Å². The highest BCUT2D eigenvalue weighted by Crippen LogP contribution is 1.99. The maximum absolute atomic E-state index is 4.99. The van der Waals surface area contributed by atoms with Gasteiger partial charge in [0, 0.05) is 45.7 Å². The molecular formula is C13H23N3O. The monoisotopic (exact) mass is 237 g/mol. The van der Waals surface area contributed by atoms with Gasteiger partial charge < -0.3 is 15.0 Å². The van der Waals surface area contributed by atoms with Gasteiger partial charge in [-0.3, -0.25) is 4.98 Å². The van der Waals surface area contributed by atoms with Crippen molar-refractivity contribution in [2.75, 3.05) is 40.4 Å². The number of methoxy groups -OCH3 is 1. The van der Waals surface area contributed by atoms with Gasteiger partial charge in [0.2, 0.25) is 0 Å². The van der Waals surface area contributed by atoms with Gasteiger partial charge in [0.25, 0.3) is 0 Å². The molecule has 0 bridgehead atoms. The SMILES string of the molecule is COCCCNCCN(C)Cc1cccnc1. The fourth-order valence-corrected chi connectivity index (χ4v) is 1.62. The summed E-state index contributed by atoms with van der Waals surface area (Å²) in [7, 11) is 3.87. The zero-order valence-electron chi connectivity index (χ0n) is 10.9. The van der Waals surface area contributed by atoms with Gasteiger partial charge in [-0.25, -0.2) is 0 Å². The van der Waals surface area contributed by atoms with E-state index >= 15 is 0 Å². The second-order valence-electron chi connectivity index (χ2n) is 4.20. The lowest BCUT2D eigenvalue weighted by molar-refractivity contribution is 0.194. The molecule has 0 aliphatic rings. The van der Waals surface area contributed by atoms with Crippen molar-refractivity contribution in [1.29, 1.82) is 0 Å². The lowest BCUT2D eigenvalue weighted by Gasteiger charge is -2.16. The van der Waals surface area contributed by atoms with Crippen LogP contribution in [0.1, 0.15) is 12.0 Å². The fraction of sp³-hybridized carbons (Fsp3) is 0.615. The van der Waals surface area contributed by atoms with Crippen molar-refractivity contribution >= 4 is 0 Å². The first kappa shape index (κ1) is 14.1. The summed E-state index contributed by atoms with van der Waals surface area (Å²) in [5, 5.41) is 3.40. The van der Waals surface area contributed by atoms with E-state index in [0.29, 0.717) is 0 Å². The molecule has 0 amide bonds. The Kier molecular flexibility index (Phi) is 7.54. The number of nitrogens with one attached hydrogen (secondary N) is 1. The molecule has 0 spiro atoms. The zero-order valence-corrected chi connectivity index (χ0v) is 10.9. The molecular weight excluding hydrogens is 214 g/mol. The van der Waals surface area contributed by atoms with Crippen LogP contribution in [-0.2, 0) is 11.3 Å². The van der Waals surface area contributed by atoms with Gasteiger partial charge in [0.05, 0.1) is 0 Å². The van der Waals surface area contributed by atoms with Gasteiger partial charge >= 0.3 is 0 Å². The highest BCUT2D eigenvalue weighted by atomic mass is 16.5. The molecule has 4 nitrogen and oxygen atoms in total. The minimum atomic E-state index is 0.832. The third-order valence-electron chi connectivity index (χ3n) is 2.55. The normalized spacial score (nSPS) is 11.0. The summed E-state index contributed by atoms with van der Waals surface area (Å²) in [5.41, 5.74) is 1.26. The maximum atomic E-state index is 4.99.